The van der Waals surface area contributed by atoms with Crippen LogP contribution in [0.15, 0.2) is 0 Å². The van der Waals surface area contributed by atoms with Gasteiger partial charge in [0.2, 0.25) is 0 Å². The molecule has 0 aliphatic heterocycles. The van der Waals surface area contributed by atoms with Gasteiger partial charge in [-0.05, 0) is 41.0 Å². The molecule has 0 fully saturated rings. The first-order chi connectivity index (χ1) is 24.6. The van der Waals surface area contributed by atoms with Crippen LogP contribution in [0.5, 0.6) is 0 Å². The molecule has 0 aliphatic rings. The molecule has 1 radical (unpaired) electrons. The van der Waals surface area contributed by atoms with Gasteiger partial charge in [0.05, 0.1) is 73.0 Å². The van der Waals surface area contributed by atoms with Crippen LogP contribution in [0.3, 0.4) is 0 Å². The van der Waals surface area contributed by atoms with Gasteiger partial charge in [-0.3, -0.25) is 24.0 Å². The maximum atomic E-state index is 13.4. The molecular weight excluding hydrogens is 752 g/mol. The Morgan fingerprint density at radius 2 is 1.09 bits per heavy atom. The lowest BCUT2D eigenvalue weighted by Crippen LogP contribution is -2.46. The molecule has 0 heterocycles. The van der Waals surface area contributed by atoms with E-state index < -0.39 is 129 Å². The minimum atomic E-state index is -4.31. The molecule has 5 atom stereocenters. The van der Waals surface area contributed by atoms with E-state index in [0.29, 0.717) is 0 Å². The molecule has 0 aromatic carbocycles. The summed E-state index contributed by atoms with van der Waals surface area (Å²) in [6, 6.07) is -0.324. The average molecular weight is 808 g/mol. The molecule has 21 nitrogen and oxygen atoms in total. The number of aliphatic hydroxyl groups excluding tert-OH is 3. The summed E-state index contributed by atoms with van der Waals surface area (Å²) in [4.78, 5) is 92.1. The van der Waals surface area contributed by atoms with Gasteiger partial charge in [-0.2, -0.15) is 0 Å². The zero-order chi connectivity index (χ0) is 41.1. The number of hydrogen-bond acceptors (Lipinski definition) is 21. The van der Waals surface area contributed by atoms with Gasteiger partial charge in [-0.25, -0.2) is 9.15 Å². The molecule has 23 heteroatoms. The van der Waals surface area contributed by atoms with Crippen molar-refractivity contribution >= 4 is 48.2 Å². The molecule has 0 bridgehead atoms. The van der Waals surface area contributed by atoms with Crippen LogP contribution in [0.4, 0.5) is 0 Å². The van der Waals surface area contributed by atoms with Crippen molar-refractivity contribution < 1.29 is 100 Å². The number of rotatable bonds is 28. The fourth-order valence-electron chi connectivity index (χ4n) is 3.78. The highest BCUT2D eigenvalue weighted by molar-refractivity contribution is 6.57. The van der Waals surface area contributed by atoms with Gasteiger partial charge in [0, 0.05) is 13.2 Å². The molecule has 0 spiro atoms. The molecule has 309 valence electrons. The summed E-state index contributed by atoms with van der Waals surface area (Å²) >= 11 is 0. The molecular formula is C30H55O21Si2. The summed E-state index contributed by atoms with van der Waals surface area (Å²) < 4.78 is 49.5. The van der Waals surface area contributed by atoms with Crippen molar-refractivity contribution in [1.29, 1.82) is 0 Å². The Balaban J connectivity index is 5.46. The van der Waals surface area contributed by atoms with E-state index in [1.54, 1.807) is 0 Å². The van der Waals surface area contributed by atoms with E-state index in [1.165, 1.54) is 34.6 Å². The van der Waals surface area contributed by atoms with Gasteiger partial charge in [-0.1, -0.05) is 0 Å². The highest BCUT2D eigenvalue weighted by Crippen LogP contribution is 2.28. The van der Waals surface area contributed by atoms with Gasteiger partial charge < -0.3 is 67.3 Å². The average Bonchev–Trinajstić information content (AvgIpc) is 3.15. The van der Waals surface area contributed by atoms with Gasteiger partial charge in [0.15, 0.2) is 0 Å². The summed E-state index contributed by atoms with van der Waals surface area (Å²) in [7, 11) is -3.78. The standard InChI is InChI=1S/C30H55O21Si2/c1-21(22(34)47-10-9-11-53(40,41)51-50-52(39)44-8)12-45-16-28(3,14-32)25(37)49-20-30(5,18-46-17-27(2,13-31)23(35)42-6)26(38)48-19-29(4,15-33)24(36)43-7/h21,31-33,39-41H,9-20H2,1-8H3. The van der Waals surface area contributed by atoms with Crippen molar-refractivity contribution in [2.45, 2.75) is 47.1 Å². The van der Waals surface area contributed by atoms with Crippen molar-refractivity contribution in [1.82, 2.24) is 0 Å². The molecule has 53 heavy (non-hydrogen) atoms. The van der Waals surface area contributed by atoms with Crippen LogP contribution in [-0.2, 0) is 70.7 Å². The maximum absolute atomic E-state index is 13.4. The third-order valence-electron chi connectivity index (χ3n) is 7.78. The van der Waals surface area contributed by atoms with E-state index in [-0.39, 0.29) is 25.7 Å². The van der Waals surface area contributed by atoms with Crippen molar-refractivity contribution in [2.75, 3.05) is 87.4 Å². The molecule has 0 rings (SSSR count). The quantitative estimate of drug-likeness (QED) is 0.0119. The summed E-state index contributed by atoms with van der Waals surface area (Å²) in [5.74, 6) is -5.31. The van der Waals surface area contributed by atoms with Crippen molar-refractivity contribution in [3.8, 4) is 0 Å². The van der Waals surface area contributed by atoms with Crippen LogP contribution in [-0.4, -0.2) is 165 Å². The molecule has 0 aromatic rings. The number of aliphatic hydroxyl groups is 3. The SMILES string of the molecule is COC(=O)C(C)(CO)COCC(C)(COC(=O)C(C)(CO)COCC(C)C(=O)OCCC[Si](O)(O)OO[Si](O)OC)C(=O)OCC(C)(CO)C(=O)OC. The minimum absolute atomic E-state index is 0.0215. The van der Waals surface area contributed by atoms with Crippen molar-refractivity contribution in [2.24, 2.45) is 27.6 Å². The Labute approximate surface area is 310 Å². The van der Waals surface area contributed by atoms with E-state index in [2.05, 4.69) is 18.3 Å². The third kappa shape index (κ3) is 16.7. The molecule has 5 unspecified atom stereocenters. The number of methoxy groups -OCH3 is 2. The summed E-state index contributed by atoms with van der Waals surface area (Å²) in [6.45, 7) is 1.28. The number of hydrogen-bond donors (Lipinski definition) is 6. The maximum Gasteiger partial charge on any atom is 0.603 e. The predicted octanol–water partition coefficient (Wildman–Crippen LogP) is -2.48. The summed E-state index contributed by atoms with van der Waals surface area (Å²) in [5.41, 5.74) is -6.65. The second-order valence-corrected chi connectivity index (χ2v) is 16.7. The highest BCUT2D eigenvalue weighted by atomic mass is 28.4. The first-order valence-corrected chi connectivity index (χ1v) is 19.4. The van der Waals surface area contributed by atoms with Crippen molar-refractivity contribution in [3.05, 3.63) is 0 Å². The molecule has 0 amide bonds. The first-order valence-electron chi connectivity index (χ1n) is 16.1. The summed E-state index contributed by atoms with van der Waals surface area (Å²) in [5, 5.41) is 29.5. The monoisotopic (exact) mass is 807 g/mol. The Bertz CT molecular complexity index is 1170. The van der Waals surface area contributed by atoms with Crippen molar-refractivity contribution in [3.63, 3.8) is 0 Å². The minimum Gasteiger partial charge on any atom is -0.468 e. The number of carbonyl (C=O) groups is 5. The highest BCUT2D eigenvalue weighted by Gasteiger charge is 2.44. The summed E-state index contributed by atoms with van der Waals surface area (Å²) in [6.07, 6.45) is -0.0215. The Morgan fingerprint density at radius 1 is 0.660 bits per heavy atom. The smallest absolute Gasteiger partial charge is 0.468 e. The number of ether oxygens (including phenoxy) is 7. The van der Waals surface area contributed by atoms with Crippen LogP contribution in [0.2, 0.25) is 6.04 Å². The van der Waals surface area contributed by atoms with E-state index in [1.807, 2.05) is 0 Å². The molecule has 0 aromatic heterocycles. The fraction of sp³-hybridized carbons (Fsp3) is 0.833. The van der Waals surface area contributed by atoms with E-state index in [9.17, 15) is 53.7 Å². The second-order valence-electron chi connectivity index (χ2n) is 13.4. The number of esters is 5. The van der Waals surface area contributed by atoms with Crippen LogP contribution in [0, 0.1) is 27.6 Å². The van der Waals surface area contributed by atoms with E-state index in [4.69, 9.17) is 28.4 Å². The molecule has 0 saturated carbocycles. The van der Waals surface area contributed by atoms with Gasteiger partial charge in [0.1, 0.15) is 34.9 Å². The predicted molar refractivity (Wildman–Crippen MR) is 178 cm³/mol. The fourth-order valence-corrected chi connectivity index (χ4v) is 5.36. The van der Waals surface area contributed by atoms with Crippen LogP contribution in [0.1, 0.15) is 41.0 Å². The molecule has 0 saturated heterocycles. The van der Waals surface area contributed by atoms with Crippen LogP contribution >= 0.6 is 0 Å². The topological polar surface area (TPSA) is 299 Å². The van der Waals surface area contributed by atoms with Gasteiger partial charge in [0.25, 0.3) is 0 Å². The molecule has 0 aliphatic carbocycles. The van der Waals surface area contributed by atoms with E-state index >= 15 is 0 Å². The zero-order valence-corrected chi connectivity index (χ0v) is 33.4. The normalized spacial score (nSPS) is 17.0. The zero-order valence-electron chi connectivity index (χ0n) is 31.4. The van der Waals surface area contributed by atoms with Gasteiger partial charge >= 0.3 is 48.2 Å². The molecule has 6 N–H and O–H groups in total. The number of carbonyl (C=O) groups excluding carboxylic acids is 5. The van der Waals surface area contributed by atoms with E-state index in [0.717, 1.165) is 21.3 Å². The lowest BCUT2D eigenvalue weighted by Gasteiger charge is -2.32. The van der Waals surface area contributed by atoms with Gasteiger partial charge in [-0.15, -0.1) is 0 Å². The first kappa shape index (κ1) is 50.3. The third-order valence-corrected chi connectivity index (χ3v) is 9.87. The lowest BCUT2D eigenvalue weighted by atomic mass is 9.90. The van der Waals surface area contributed by atoms with Crippen LogP contribution < -0.4 is 0 Å². The van der Waals surface area contributed by atoms with Crippen LogP contribution in [0.25, 0.3) is 0 Å². The Kier molecular flexibility index (Phi) is 22.1. The Hall–Kier alpha value is -2.66. The second kappa shape index (κ2) is 23.3. The largest absolute Gasteiger partial charge is 0.603 e. The Morgan fingerprint density at radius 3 is 1.58 bits per heavy atom. The lowest BCUT2D eigenvalue weighted by molar-refractivity contribution is -0.185.